The van der Waals surface area contributed by atoms with Crippen molar-refractivity contribution >= 4 is 69.5 Å². The zero-order chi connectivity index (χ0) is 14.6. The maximum absolute atomic E-state index is 11.6. The third-order valence-electron chi connectivity index (χ3n) is 1.87. The average molecular weight is 341 g/mol. The van der Waals surface area contributed by atoms with Gasteiger partial charge in [0.05, 0.1) is 27.3 Å². The van der Waals surface area contributed by atoms with Gasteiger partial charge in [0.25, 0.3) is 0 Å². The summed E-state index contributed by atoms with van der Waals surface area (Å²) in [6.07, 6.45) is 0. The number of rotatable bonds is 3. The second kappa shape index (κ2) is 6.91. The Labute approximate surface area is 129 Å². The molecule has 0 saturated carbocycles. The van der Waals surface area contributed by atoms with Crippen molar-refractivity contribution in [3.05, 3.63) is 27.2 Å². The maximum Gasteiger partial charge on any atom is 0.313 e. The summed E-state index contributed by atoms with van der Waals surface area (Å²) in [6.45, 7) is -0.0797. The SMILES string of the molecule is NC(=S)CNC(=O)C(=O)Nc1c(Cl)cc(Cl)cc1Cl. The number of nitrogens with one attached hydrogen (secondary N) is 2. The lowest BCUT2D eigenvalue weighted by atomic mass is 10.3. The van der Waals surface area contributed by atoms with E-state index in [2.05, 4.69) is 22.9 Å². The molecule has 0 aromatic heterocycles. The molecule has 5 nitrogen and oxygen atoms in total. The second-order valence-electron chi connectivity index (χ2n) is 3.35. The number of thiocarbonyl (C=S) groups is 1. The highest BCUT2D eigenvalue weighted by atomic mass is 35.5. The van der Waals surface area contributed by atoms with Crippen LogP contribution in [0.15, 0.2) is 12.1 Å². The van der Waals surface area contributed by atoms with Crippen LogP contribution >= 0.6 is 47.0 Å². The van der Waals surface area contributed by atoms with Crippen LogP contribution in [0, 0.1) is 0 Å². The molecule has 0 aliphatic rings. The molecule has 1 aromatic rings. The topological polar surface area (TPSA) is 84.2 Å². The Kier molecular flexibility index (Phi) is 5.81. The summed E-state index contributed by atoms with van der Waals surface area (Å²) < 4.78 is 0. The summed E-state index contributed by atoms with van der Waals surface area (Å²) >= 11 is 22.0. The van der Waals surface area contributed by atoms with Crippen molar-refractivity contribution in [2.24, 2.45) is 5.73 Å². The van der Waals surface area contributed by atoms with Gasteiger partial charge in [0, 0.05) is 5.02 Å². The van der Waals surface area contributed by atoms with Crippen molar-refractivity contribution in [1.82, 2.24) is 5.32 Å². The summed E-state index contributed by atoms with van der Waals surface area (Å²) in [4.78, 5) is 23.0. The molecule has 0 radical (unpaired) electrons. The predicted octanol–water partition coefficient (Wildman–Crippen LogP) is 1.99. The number of anilines is 1. The number of carbonyl (C=O) groups excluding carboxylic acids is 2. The Morgan fingerprint density at radius 2 is 1.68 bits per heavy atom. The van der Waals surface area contributed by atoms with Crippen LogP contribution in [0.25, 0.3) is 0 Å². The van der Waals surface area contributed by atoms with E-state index in [1.54, 1.807) is 0 Å². The van der Waals surface area contributed by atoms with E-state index < -0.39 is 11.8 Å². The number of hydrogen-bond acceptors (Lipinski definition) is 3. The van der Waals surface area contributed by atoms with E-state index in [-0.39, 0.29) is 27.3 Å². The van der Waals surface area contributed by atoms with E-state index in [0.29, 0.717) is 5.02 Å². The first-order valence-electron chi connectivity index (χ1n) is 4.83. The molecule has 4 N–H and O–H groups in total. The van der Waals surface area contributed by atoms with Gasteiger partial charge in [0.1, 0.15) is 0 Å². The second-order valence-corrected chi connectivity index (χ2v) is 5.12. The molecule has 0 spiro atoms. The van der Waals surface area contributed by atoms with Gasteiger partial charge in [-0.25, -0.2) is 0 Å². The number of benzene rings is 1. The van der Waals surface area contributed by atoms with Gasteiger partial charge in [-0.1, -0.05) is 47.0 Å². The van der Waals surface area contributed by atoms with Gasteiger partial charge in [-0.05, 0) is 12.1 Å². The molecule has 1 rings (SSSR count). The van der Waals surface area contributed by atoms with Crippen LogP contribution in [-0.4, -0.2) is 23.3 Å². The summed E-state index contributed by atoms with van der Waals surface area (Å²) in [5.41, 5.74) is 5.29. The molecule has 0 atom stereocenters. The van der Waals surface area contributed by atoms with Gasteiger partial charge in [-0.3, -0.25) is 9.59 Å². The van der Waals surface area contributed by atoms with E-state index in [1.807, 2.05) is 0 Å². The molecule has 0 unspecified atom stereocenters. The lowest BCUT2D eigenvalue weighted by molar-refractivity contribution is -0.135. The zero-order valence-corrected chi connectivity index (χ0v) is 12.4. The number of halogens is 3. The summed E-state index contributed by atoms with van der Waals surface area (Å²) in [6, 6.07) is 2.77. The fourth-order valence-corrected chi connectivity index (χ4v) is 2.06. The first-order valence-corrected chi connectivity index (χ1v) is 6.37. The predicted molar refractivity (Wildman–Crippen MR) is 79.9 cm³/mol. The Morgan fingerprint density at radius 3 is 2.16 bits per heavy atom. The van der Waals surface area contributed by atoms with Crippen LogP contribution < -0.4 is 16.4 Å². The Hall–Kier alpha value is -1.08. The standard InChI is InChI=1S/C10H8Cl3N3O2S/c11-4-1-5(12)8(6(13)2-4)16-10(18)9(17)15-3-7(14)19/h1-2H,3H2,(H2,14,19)(H,15,17)(H,16,18). The first-order chi connectivity index (χ1) is 8.81. The Bertz CT molecular complexity index is 528. The Balaban J connectivity index is 2.77. The fraction of sp³-hybridized carbons (Fsp3) is 0.100. The van der Waals surface area contributed by atoms with Crippen LogP contribution in [0.5, 0.6) is 0 Å². The molecular weight excluding hydrogens is 333 g/mol. The van der Waals surface area contributed by atoms with Crippen molar-refractivity contribution in [2.75, 3.05) is 11.9 Å². The fourth-order valence-electron chi connectivity index (χ4n) is 1.08. The van der Waals surface area contributed by atoms with E-state index in [1.165, 1.54) is 12.1 Å². The van der Waals surface area contributed by atoms with Gasteiger partial charge < -0.3 is 16.4 Å². The van der Waals surface area contributed by atoms with E-state index >= 15 is 0 Å². The average Bonchev–Trinajstić information content (AvgIpc) is 2.30. The van der Waals surface area contributed by atoms with Gasteiger partial charge in [-0.2, -0.15) is 0 Å². The minimum absolute atomic E-state index is 0.0590. The third kappa shape index (κ3) is 4.83. The molecule has 0 fully saturated rings. The van der Waals surface area contributed by atoms with E-state index in [4.69, 9.17) is 40.5 Å². The largest absolute Gasteiger partial charge is 0.392 e. The molecule has 0 bridgehead atoms. The van der Waals surface area contributed by atoms with Gasteiger partial charge in [-0.15, -0.1) is 0 Å². The van der Waals surface area contributed by atoms with Crippen molar-refractivity contribution in [3.63, 3.8) is 0 Å². The van der Waals surface area contributed by atoms with E-state index in [9.17, 15) is 9.59 Å². The summed E-state index contributed by atoms with van der Waals surface area (Å²) in [5.74, 6) is -1.85. The van der Waals surface area contributed by atoms with Crippen LogP contribution in [0.2, 0.25) is 15.1 Å². The van der Waals surface area contributed by atoms with Crippen LogP contribution in [0.1, 0.15) is 0 Å². The first kappa shape index (κ1) is 16.0. The number of amides is 2. The number of hydrogen-bond donors (Lipinski definition) is 3. The molecule has 9 heteroatoms. The summed E-state index contributed by atoms with van der Waals surface area (Å²) in [7, 11) is 0. The number of carbonyl (C=O) groups is 2. The Morgan fingerprint density at radius 1 is 1.16 bits per heavy atom. The molecule has 102 valence electrons. The van der Waals surface area contributed by atoms with Gasteiger partial charge in [0.15, 0.2) is 0 Å². The molecule has 19 heavy (non-hydrogen) atoms. The van der Waals surface area contributed by atoms with Gasteiger partial charge in [0.2, 0.25) is 0 Å². The van der Waals surface area contributed by atoms with Crippen molar-refractivity contribution in [1.29, 1.82) is 0 Å². The lowest BCUT2D eigenvalue weighted by Crippen LogP contribution is -2.39. The van der Waals surface area contributed by atoms with Crippen molar-refractivity contribution in [2.45, 2.75) is 0 Å². The number of nitrogens with two attached hydrogens (primary N) is 1. The molecule has 0 aliphatic carbocycles. The molecule has 2 amide bonds. The molecule has 0 aliphatic heterocycles. The minimum Gasteiger partial charge on any atom is -0.392 e. The third-order valence-corrected chi connectivity index (χ3v) is 2.83. The summed E-state index contributed by atoms with van der Waals surface area (Å²) in [5, 5.41) is 5.04. The highest BCUT2D eigenvalue weighted by Crippen LogP contribution is 2.33. The smallest absolute Gasteiger partial charge is 0.313 e. The minimum atomic E-state index is -0.942. The van der Waals surface area contributed by atoms with Crippen LogP contribution in [0.4, 0.5) is 5.69 Å². The van der Waals surface area contributed by atoms with Crippen molar-refractivity contribution in [3.8, 4) is 0 Å². The van der Waals surface area contributed by atoms with Gasteiger partial charge >= 0.3 is 11.8 Å². The maximum atomic E-state index is 11.6. The van der Waals surface area contributed by atoms with Crippen LogP contribution in [-0.2, 0) is 9.59 Å². The zero-order valence-electron chi connectivity index (χ0n) is 9.30. The van der Waals surface area contributed by atoms with E-state index in [0.717, 1.165) is 0 Å². The highest BCUT2D eigenvalue weighted by molar-refractivity contribution is 7.80. The van der Waals surface area contributed by atoms with Crippen molar-refractivity contribution < 1.29 is 9.59 Å². The highest BCUT2D eigenvalue weighted by Gasteiger charge is 2.17. The normalized spacial score (nSPS) is 9.84. The van der Waals surface area contributed by atoms with Crippen LogP contribution in [0.3, 0.4) is 0 Å². The monoisotopic (exact) mass is 339 g/mol. The molecule has 1 aromatic carbocycles. The quantitative estimate of drug-likeness (QED) is 0.580. The molecular formula is C10H8Cl3N3O2S. The lowest BCUT2D eigenvalue weighted by Gasteiger charge is -2.09. The molecule has 0 heterocycles. The molecule has 0 saturated heterocycles.